The number of alkyl halides is 1. The molecule has 0 aliphatic rings. The lowest BCUT2D eigenvalue weighted by Gasteiger charge is -2.03. The first-order chi connectivity index (χ1) is 5.33. The molecule has 1 aromatic carbocycles. The Balaban J connectivity index is 2.57. The number of halogens is 1. The number of hydrogen-bond acceptors (Lipinski definition) is 2. The Morgan fingerprint density at radius 3 is 2.55 bits per heavy atom. The maximum absolute atomic E-state index is 12.2. The molecule has 0 aliphatic heterocycles. The van der Waals surface area contributed by atoms with Gasteiger partial charge < -0.3 is 4.74 Å². The maximum atomic E-state index is 12.2. The summed E-state index contributed by atoms with van der Waals surface area (Å²) in [7, 11) is 0. The number of rotatable bonds is 3. The van der Waals surface area contributed by atoms with Gasteiger partial charge in [0.25, 0.3) is 6.36 Å². The van der Waals surface area contributed by atoms with Gasteiger partial charge in [-0.15, -0.1) is 0 Å². The largest absolute Gasteiger partial charge is 0.453 e. The molecule has 1 aromatic rings. The van der Waals surface area contributed by atoms with Crippen molar-refractivity contribution in [3.8, 4) is 5.75 Å². The predicted molar refractivity (Wildman–Crippen MR) is 38.0 cm³/mol. The van der Waals surface area contributed by atoms with E-state index in [2.05, 4.69) is 4.74 Å². The smallest absolute Gasteiger partial charge is 0.293 e. The molecule has 0 bridgehead atoms. The summed E-state index contributed by atoms with van der Waals surface area (Å²) >= 11 is 0. The van der Waals surface area contributed by atoms with Crippen molar-refractivity contribution in [1.29, 1.82) is 0 Å². The number of ether oxygens (including phenoxy) is 1. The zero-order chi connectivity index (χ0) is 8.10. The van der Waals surface area contributed by atoms with Gasteiger partial charge in [-0.05, 0) is 12.1 Å². The second-order valence-corrected chi connectivity index (χ2v) is 1.92. The lowest BCUT2D eigenvalue weighted by molar-refractivity contribution is -0.120. The third-order valence-electron chi connectivity index (χ3n) is 1.10. The van der Waals surface area contributed by atoms with E-state index in [9.17, 15) is 9.18 Å². The van der Waals surface area contributed by atoms with Gasteiger partial charge in [0.1, 0.15) is 5.75 Å². The highest BCUT2D eigenvalue weighted by atomic mass is 19.1. The highest BCUT2D eigenvalue weighted by Crippen LogP contribution is 2.10. The average Bonchev–Trinajstić information content (AvgIpc) is 2.06. The van der Waals surface area contributed by atoms with E-state index < -0.39 is 6.36 Å². The first kappa shape index (κ1) is 7.72. The number of carbonyl (C=O) groups is 1. The highest BCUT2D eigenvalue weighted by molar-refractivity contribution is 5.54. The first-order valence-corrected chi connectivity index (χ1v) is 3.14. The van der Waals surface area contributed by atoms with Gasteiger partial charge in [-0.25, -0.2) is 0 Å². The molecule has 0 fully saturated rings. The number of aldehydes is 1. The van der Waals surface area contributed by atoms with Crippen LogP contribution in [0.4, 0.5) is 4.39 Å². The second kappa shape index (κ2) is 3.71. The van der Waals surface area contributed by atoms with E-state index >= 15 is 0 Å². The van der Waals surface area contributed by atoms with Crippen molar-refractivity contribution in [2.24, 2.45) is 0 Å². The van der Waals surface area contributed by atoms with Crippen LogP contribution in [0.1, 0.15) is 0 Å². The Hall–Kier alpha value is -1.38. The summed E-state index contributed by atoms with van der Waals surface area (Å²) in [6, 6.07) is 8.34. The minimum Gasteiger partial charge on any atom is -0.453 e. The molecule has 0 aliphatic carbocycles. The van der Waals surface area contributed by atoms with Gasteiger partial charge in [0.15, 0.2) is 6.29 Å². The SMILES string of the molecule is O=CC(F)Oc1ccccc1. The fourth-order valence-corrected chi connectivity index (χ4v) is 0.657. The Labute approximate surface area is 63.6 Å². The summed E-state index contributed by atoms with van der Waals surface area (Å²) in [4.78, 5) is 9.81. The lowest BCUT2D eigenvalue weighted by Crippen LogP contribution is -2.10. The summed E-state index contributed by atoms with van der Waals surface area (Å²) in [6.45, 7) is 0. The molecule has 0 amide bonds. The molecule has 0 spiro atoms. The van der Waals surface area contributed by atoms with Crippen molar-refractivity contribution < 1.29 is 13.9 Å². The Kier molecular flexibility index (Phi) is 2.60. The average molecular weight is 154 g/mol. The Morgan fingerprint density at radius 1 is 1.36 bits per heavy atom. The minimum atomic E-state index is -1.86. The minimum absolute atomic E-state index is 0.104. The Bertz CT molecular complexity index is 223. The summed E-state index contributed by atoms with van der Waals surface area (Å²) in [5.41, 5.74) is 0. The first-order valence-electron chi connectivity index (χ1n) is 3.14. The van der Waals surface area contributed by atoms with Crippen LogP contribution in [-0.4, -0.2) is 12.6 Å². The molecule has 1 rings (SSSR count). The molecular formula is C8H7FO2. The summed E-state index contributed by atoms with van der Waals surface area (Å²) in [6.07, 6.45) is -1.76. The fraction of sp³-hybridized carbons (Fsp3) is 0.125. The number of carbonyl (C=O) groups excluding carboxylic acids is 1. The normalized spacial score (nSPS) is 12.1. The molecule has 0 N–H and O–H groups in total. The summed E-state index contributed by atoms with van der Waals surface area (Å²) in [5.74, 6) is 0.354. The van der Waals surface area contributed by atoms with E-state index in [0.717, 1.165) is 0 Å². The van der Waals surface area contributed by atoms with Crippen LogP contribution < -0.4 is 4.74 Å². The van der Waals surface area contributed by atoms with Crippen LogP contribution in [0.3, 0.4) is 0 Å². The summed E-state index contributed by atoms with van der Waals surface area (Å²) in [5, 5.41) is 0. The van der Waals surface area contributed by atoms with E-state index in [4.69, 9.17) is 0 Å². The van der Waals surface area contributed by atoms with Gasteiger partial charge >= 0.3 is 0 Å². The van der Waals surface area contributed by atoms with Gasteiger partial charge in [0.2, 0.25) is 0 Å². The van der Waals surface area contributed by atoms with Crippen LogP contribution >= 0.6 is 0 Å². The molecule has 1 unspecified atom stereocenters. The second-order valence-electron chi connectivity index (χ2n) is 1.92. The van der Waals surface area contributed by atoms with Crippen molar-refractivity contribution in [3.63, 3.8) is 0 Å². The van der Waals surface area contributed by atoms with E-state index in [1.165, 1.54) is 0 Å². The molecular weight excluding hydrogens is 147 g/mol. The molecule has 0 saturated heterocycles. The summed E-state index contributed by atoms with van der Waals surface area (Å²) < 4.78 is 16.8. The number of benzene rings is 1. The topological polar surface area (TPSA) is 26.3 Å². The van der Waals surface area contributed by atoms with Crippen LogP contribution in [0.15, 0.2) is 30.3 Å². The Morgan fingerprint density at radius 2 is 2.00 bits per heavy atom. The van der Waals surface area contributed by atoms with Crippen molar-refractivity contribution in [2.75, 3.05) is 0 Å². The van der Waals surface area contributed by atoms with Gasteiger partial charge in [-0.2, -0.15) is 4.39 Å². The van der Waals surface area contributed by atoms with Crippen molar-refractivity contribution in [3.05, 3.63) is 30.3 Å². The molecule has 1 atom stereocenters. The molecule has 0 radical (unpaired) electrons. The number of para-hydroxylation sites is 1. The molecule has 0 aromatic heterocycles. The maximum Gasteiger partial charge on any atom is 0.293 e. The highest BCUT2D eigenvalue weighted by Gasteiger charge is 2.03. The zero-order valence-corrected chi connectivity index (χ0v) is 5.74. The third kappa shape index (κ3) is 2.37. The van der Waals surface area contributed by atoms with E-state index in [-0.39, 0.29) is 6.29 Å². The monoisotopic (exact) mass is 154 g/mol. The van der Waals surface area contributed by atoms with Crippen LogP contribution in [-0.2, 0) is 4.79 Å². The standard InChI is InChI=1S/C8H7FO2/c9-8(6-10)11-7-4-2-1-3-5-7/h1-6,8H. The fourth-order valence-electron chi connectivity index (χ4n) is 0.657. The molecule has 0 saturated carbocycles. The van der Waals surface area contributed by atoms with Crippen LogP contribution in [0.2, 0.25) is 0 Å². The molecule has 58 valence electrons. The third-order valence-corrected chi connectivity index (χ3v) is 1.10. The van der Waals surface area contributed by atoms with E-state index in [0.29, 0.717) is 5.75 Å². The van der Waals surface area contributed by atoms with Gasteiger partial charge in [-0.1, -0.05) is 18.2 Å². The molecule has 2 nitrogen and oxygen atoms in total. The van der Waals surface area contributed by atoms with Gasteiger partial charge in [0.05, 0.1) is 0 Å². The van der Waals surface area contributed by atoms with E-state index in [1.54, 1.807) is 30.3 Å². The number of hydrogen-bond donors (Lipinski definition) is 0. The molecule has 11 heavy (non-hydrogen) atoms. The van der Waals surface area contributed by atoms with Crippen LogP contribution in [0.5, 0.6) is 5.75 Å². The van der Waals surface area contributed by atoms with Gasteiger partial charge in [-0.3, -0.25) is 4.79 Å². The lowest BCUT2D eigenvalue weighted by atomic mass is 10.3. The van der Waals surface area contributed by atoms with Crippen molar-refractivity contribution >= 4 is 6.29 Å². The van der Waals surface area contributed by atoms with Crippen LogP contribution in [0, 0.1) is 0 Å². The van der Waals surface area contributed by atoms with Crippen LogP contribution in [0.25, 0.3) is 0 Å². The zero-order valence-electron chi connectivity index (χ0n) is 5.74. The predicted octanol–water partition coefficient (Wildman–Crippen LogP) is 1.56. The molecule has 3 heteroatoms. The van der Waals surface area contributed by atoms with E-state index in [1.807, 2.05) is 0 Å². The molecule has 0 heterocycles. The van der Waals surface area contributed by atoms with Crippen molar-refractivity contribution in [2.45, 2.75) is 6.36 Å². The van der Waals surface area contributed by atoms with Crippen molar-refractivity contribution in [1.82, 2.24) is 0 Å². The van der Waals surface area contributed by atoms with Gasteiger partial charge in [0, 0.05) is 0 Å². The quantitative estimate of drug-likeness (QED) is 0.617.